The van der Waals surface area contributed by atoms with Crippen LogP contribution in [0, 0.1) is 11.8 Å². The molecule has 0 spiro atoms. The Kier molecular flexibility index (Phi) is 2.94. The van der Waals surface area contributed by atoms with Gasteiger partial charge in [0.05, 0.1) is 0 Å². The maximum absolute atomic E-state index is 8.65. The number of aliphatic hydroxyl groups excluding tert-OH is 1. The Morgan fingerprint density at radius 2 is 2.20 bits per heavy atom. The van der Waals surface area contributed by atoms with Crippen LogP contribution >= 0.6 is 0 Å². The molecule has 0 radical (unpaired) electrons. The maximum Gasteiger partial charge on any atom is 0.0436 e. The van der Waals surface area contributed by atoms with E-state index in [-0.39, 0.29) is 0 Å². The van der Waals surface area contributed by atoms with E-state index in [4.69, 9.17) is 5.11 Å². The van der Waals surface area contributed by atoms with E-state index in [9.17, 15) is 0 Å². The second-order valence-electron chi connectivity index (χ2n) is 3.21. The average Bonchev–Trinajstić information content (AvgIpc) is 1.95. The van der Waals surface area contributed by atoms with Crippen LogP contribution in [0.3, 0.4) is 0 Å². The van der Waals surface area contributed by atoms with Crippen LogP contribution in [0.25, 0.3) is 0 Å². The Balaban J connectivity index is 2.30. The molecule has 1 rings (SSSR count). The smallest absolute Gasteiger partial charge is 0.0436 e. The van der Waals surface area contributed by atoms with E-state index >= 15 is 0 Å². The van der Waals surface area contributed by atoms with Gasteiger partial charge in [-0.3, -0.25) is 0 Å². The van der Waals surface area contributed by atoms with Crippen LogP contribution in [0.2, 0.25) is 0 Å². The van der Waals surface area contributed by atoms with Crippen molar-refractivity contribution in [3.8, 4) is 0 Å². The molecule has 0 saturated heterocycles. The van der Waals surface area contributed by atoms with Gasteiger partial charge in [0.25, 0.3) is 0 Å². The van der Waals surface area contributed by atoms with Crippen LogP contribution in [0.1, 0.15) is 26.2 Å². The van der Waals surface area contributed by atoms with Gasteiger partial charge >= 0.3 is 0 Å². The molecule has 2 atom stereocenters. The normalized spacial score (nSPS) is 32.6. The molecule has 0 aromatic carbocycles. The van der Waals surface area contributed by atoms with Gasteiger partial charge in [0.1, 0.15) is 0 Å². The van der Waals surface area contributed by atoms with Crippen LogP contribution in [0.4, 0.5) is 0 Å². The molecule has 1 aliphatic rings. The Labute approximate surface area is 62.8 Å². The molecule has 0 bridgehead atoms. The van der Waals surface area contributed by atoms with E-state index in [1.165, 1.54) is 12.8 Å². The number of hydrogen-bond donors (Lipinski definition) is 1. The fourth-order valence-corrected chi connectivity index (χ4v) is 1.42. The van der Waals surface area contributed by atoms with Gasteiger partial charge in [0.2, 0.25) is 0 Å². The zero-order valence-electron chi connectivity index (χ0n) is 6.59. The highest BCUT2D eigenvalue weighted by molar-refractivity contribution is 4.96. The summed E-state index contributed by atoms with van der Waals surface area (Å²) >= 11 is 0. The summed E-state index contributed by atoms with van der Waals surface area (Å²) in [7, 11) is 0. The maximum atomic E-state index is 8.65. The summed E-state index contributed by atoms with van der Waals surface area (Å²) in [4.78, 5) is 0. The molecule has 0 aromatic rings. The first kappa shape index (κ1) is 7.80. The van der Waals surface area contributed by atoms with Crippen molar-refractivity contribution in [2.75, 3.05) is 6.61 Å². The predicted molar refractivity (Wildman–Crippen MR) is 42.7 cm³/mol. The highest BCUT2D eigenvalue weighted by atomic mass is 16.3. The Bertz CT molecular complexity index is 118. The van der Waals surface area contributed by atoms with E-state index in [1.54, 1.807) is 0 Å². The molecular formula is C9H16O. The summed E-state index contributed by atoms with van der Waals surface area (Å²) in [6.07, 6.45) is 8.02. The summed E-state index contributed by atoms with van der Waals surface area (Å²) < 4.78 is 0. The molecule has 0 aromatic heterocycles. The molecule has 1 heteroatoms. The number of aliphatic hydroxyl groups is 1. The largest absolute Gasteiger partial charge is 0.396 e. The molecule has 1 aliphatic carbocycles. The molecule has 0 amide bonds. The van der Waals surface area contributed by atoms with Crippen molar-refractivity contribution < 1.29 is 5.11 Å². The zero-order valence-corrected chi connectivity index (χ0v) is 6.59. The average molecular weight is 140 g/mol. The lowest BCUT2D eigenvalue weighted by Crippen LogP contribution is -2.07. The van der Waals surface area contributed by atoms with Crippen molar-refractivity contribution in [2.24, 2.45) is 11.8 Å². The monoisotopic (exact) mass is 140 g/mol. The molecule has 10 heavy (non-hydrogen) atoms. The SMILES string of the molecule is C[C@H]1C=CC(CCO)CC1. The fourth-order valence-electron chi connectivity index (χ4n) is 1.42. The first-order valence-electron chi connectivity index (χ1n) is 4.12. The molecule has 1 nitrogen and oxygen atoms in total. The molecule has 58 valence electrons. The van der Waals surface area contributed by atoms with Crippen LogP contribution in [-0.4, -0.2) is 11.7 Å². The van der Waals surface area contributed by atoms with Crippen molar-refractivity contribution in [2.45, 2.75) is 26.2 Å². The lowest BCUT2D eigenvalue weighted by atomic mass is 9.88. The first-order chi connectivity index (χ1) is 4.83. The highest BCUT2D eigenvalue weighted by Gasteiger charge is 2.10. The number of allylic oxidation sites excluding steroid dienone is 2. The second kappa shape index (κ2) is 3.77. The molecule has 0 fully saturated rings. The van der Waals surface area contributed by atoms with Gasteiger partial charge in [-0.2, -0.15) is 0 Å². The Morgan fingerprint density at radius 1 is 1.40 bits per heavy atom. The van der Waals surface area contributed by atoms with Crippen LogP contribution in [0.5, 0.6) is 0 Å². The summed E-state index contributed by atoms with van der Waals surface area (Å²) in [5.41, 5.74) is 0. The van der Waals surface area contributed by atoms with Crippen LogP contribution in [0.15, 0.2) is 12.2 Å². The lowest BCUT2D eigenvalue weighted by Gasteiger charge is -2.18. The van der Waals surface area contributed by atoms with Crippen LogP contribution < -0.4 is 0 Å². The quantitative estimate of drug-likeness (QED) is 0.581. The fraction of sp³-hybridized carbons (Fsp3) is 0.778. The minimum Gasteiger partial charge on any atom is -0.396 e. The van der Waals surface area contributed by atoms with Crippen molar-refractivity contribution in [3.63, 3.8) is 0 Å². The van der Waals surface area contributed by atoms with E-state index in [2.05, 4.69) is 19.1 Å². The molecule has 1 N–H and O–H groups in total. The third kappa shape index (κ3) is 2.14. The van der Waals surface area contributed by atoms with Gasteiger partial charge in [0, 0.05) is 6.61 Å². The van der Waals surface area contributed by atoms with Gasteiger partial charge in [-0.25, -0.2) is 0 Å². The molecule has 0 saturated carbocycles. The van der Waals surface area contributed by atoms with Gasteiger partial charge in [-0.1, -0.05) is 19.1 Å². The highest BCUT2D eigenvalue weighted by Crippen LogP contribution is 2.23. The standard InChI is InChI=1S/C9H16O/c1-8-2-4-9(5-3-8)6-7-10/h2,4,8-10H,3,5-7H2,1H3/t8-,9?/m0/s1. The molecule has 0 heterocycles. The van der Waals surface area contributed by atoms with Crippen molar-refractivity contribution in [1.29, 1.82) is 0 Å². The summed E-state index contributed by atoms with van der Waals surface area (Å²) in [5.74, 6) is 1.41. The van der Waals surface area contributed by atoms with Crippen molar-refractivity contribution in [1.82, 2.24) is 0 Å². The molecule has 1 unspecified atom stereocenters. The van der Waals surface area contributed by atoms with E-state index in [1.807, 2.05) is 0 Å². The topological polar surface area (TPSA) is 20.2 Å². The second-order valence-corrected chi connectivity index (χ2v) is 3.21. The summed E-state index contributed by atoms with van der Waals surface area (Å²) in [5, 5.41) is 8.65. The van der Waals surface area contributed by atoms with Gasteiger partial charge in [0.15, 0.2) is 0 Å². The first-order valence-corrected chi connectivity index (χ1v) is 4.12. The minimum absolute atomic E-state index is 0.337. The van der Waals surface area contributed by atoms with E-state index in [0.717, 1.165) is 12.3 Å². The summed E-state index contributed by atoms with van der Waals surface area (Å²) in [6, 6.07) is 0. The molecular weight excluding hydrogens is 124 g/mol. The van der Waals surface area contributed by atoms with Gasteiger partial charge in [-0.15, -0.1) is 0 Å². The zero-order chi connectivity index (χ0) is 7.40. The third-order valence-electron chi connectivity index (χ3n) is 2.20. The van der Waals surface area contributed by atoms with Crippen molar-refractivity contribution in [3.05, 3.63) is 12.2 Å². The summed E-state index contributed by atoms with van der Waals surface area (Å²) in [6.45, 7) is 2.58. The van der Waals surface area contributed by atoms with Gasteiger partial charge < -0.3 is 5.11 Å². The van der Waals surface area contributed by atoms with Crippen molar-refractivity contribution >= 4 is 0 Å². The number of hydrogen-bond acceptors (Lipinski definition) is 1. The molecule has 0 aliphatic heterocycles. The van der Waals surface area contributed by atoms with Crippen LogP contribution in [-0.2, 0) is 0 Å². The minimum atomic E-state index is 0.337. The van der Waals surface area contributed by atoms with E-state index < -0.39 is 0 Å². The Morgan fingerprint density at radius 3 is 2.70 bits per heavy atom. The van der Waals surface area contributed by atoms with E-state index in [0.29, 0.717) is 12.5 Å². The lowest BCUT2D eigenvalue weighted by molar-refractivity contribution is 0.261. The van der Waals surface area contributed by atoms with Gasteiger partial charge in [-0.05, 0) is 31.1 Å². The third-order valence-corrected chi connectivity index (χ3v) is 2.20. The number of rotatable bonds is 2. The predicted octanol–water partition coefficient (Wildman–Crippen LogP) is 1.97. The Hall–Kier alpha value is -0.300.